The van der Waals surface area contributed by atoms with Crippen molar-refractivity contribution in [2.75, 3.05) is 31.1 Å². The molecule has 1 aromatic heterocycles. The Bertz CT molecular complexity index is 439. The van der Waals surface area contributed by atoms with Crippen molar-refractivity contribution in [2.24, 2.45) is 0 Å². The number of nitrogens with zero attached hydrogens (tertiary/aromatic N) is 2. The van der Waals surface area contributed by atoms with Gasteiger partial charge in [0.1, 0.15) is 11.6 Å². The van der Waals surface area contributed by atoms with E-state index in [1.165, 1.54) is 0 Å². The van der Waals surface area contributed by atoms with Crippen LogP contribution in [0.15, 0.2) is 10.9 Å². The van der Waals surface area contributed by atoms with Crippen LogP contribution in [-0.2, 0) is 0 Å². The van der Waals surface area contributed by atoms with E-state index in [0.29, 0.717) is 5.92 Å². The summed E-state index contributed by atoms with van der Waals surface area (Å²) in [5.74, 6) is 2.14. The molecule has 0 atom stereocenters. The van der Waals surface area contributed by atoms with Crippen LogP contribution < -0.4 is 15.8 Å². The van der Waals surface area contributed by atoms with E-state index in [1.807, 2.05) is 0 Å². The minimum absolute atomic E-state index is 0.0381. The van der Waals surface area contributed by atoms with Crippen LogP contribution in [0.3, 0.4) is 0 Å². The van der Waals surface area contributed by atoms with Crippen molar-refractivity contribution in [3.63, 3.8) is 0 Å². The SMILES string of the molecule is CCNCCN(CC)c1cc(=O)[nH]c(C2CC2)n1. The zero-order valence-corrected chi connectivity index (χ0v) is 11.2. The van der Waals surface area contributed by atoms with E-state index in [4.69, 9.17) is 0 Å². The lowest BCUT2D eigenvalue weighted by Gasteiger charge is -2.22. The standard InChI is InChI=1S/C13H22N4O/c1-3-14-7-8-17(4-2)11-9-12(18)16-13(15-11)10-5-6-10/h9-10,14H,3-8H2,1-2H3,(H,15,16,18). The Labute approximate surface area is 108 Å². The number of nitrogens with one attached hydrogen (secondary N) is 2. The highest BCUT2D eigenvalue weighted by molar-refractivity contribution is 5.38. The van der Waals surface area contributed by atoms with E-state index in [9.17, 15) is 4.79 Å². The second-order valence-corrected chi connectivity index (χ2v) is 4.70. The fraction of sp³-hybridized carbons (Fsp3) is 0.692. The summed E-state index contributed by atoms with van der Waals surface area (Å²) in [7, 11) is 0. The molecule has 100 valence electrons. The van der Waals surface area contributed by atoms with Gasteiger partial charge < -0.3 is 15.2 Å². The van der Waals surface area contributed by atoms with Crippen LogP contribution in [0.4, 0.5) is 5.82 Å². The number of rotatable bonds is 7. The summed E-state index contributed by atoms with van der Waals surface area (Å²) >= 11 is 0. The fourth-order valence-electron chi connectivity index (χ4n) is 2.00. The first-order valence-electron chi connectivity index (χ1n) is 6.81. The zero-order chi connectivity index (χ0) is 13.0. The van der Waals surface area contributed by atoms with Gasteiger partial charge in [0, 0.05) is 31.6 Å². The molecule has 2 N–H and O–H groups in total. The predicted octanol–water partition coefficient (Wildman–Crippen LogP) is 1.08. The van der Waals surface area contributed by atoms with Crippen molar-refractivity contribution >= 4 is 5.82 Å². The lowest BCUT2D eigenvalue weighted by Crippen LogP contribution is -2.33. The number of anilines is 1. The molecule has 0 saturated heterocycles. The Hall–Kier alpha value is -1.36. The van der Waals surface area contributed by atoms with Gasteiger partial charge in [-0.3, -0.25) is 4.79 Å². The minimum Gasteiger partial charge on any atom is -0.355 e. The first-order valence-corrected chi connectivity index (χ1v) is 6.81. The second kappa shape index (κ2) is 6.00. The van der Waals surface area contributed by atoms with Crippen molar-refractivity contribution in [2.45, 2.75) is 32.6 Å². The van der Waals surface area contributed by atoms with Crippen molar-refractivity contribution in [1.29, 1.82) is 0 Å². The van der Waals surface area contributed by atoms with Gasteiger partial charge in [0.25, 0.3) is 5.56 Å². The molecule has 0 bridgehead atoms. The number of hydrogen-bond acceptors (Lipinski definition) is 4. The van der Waals surface area contributed by atoms with Gasteiger partial charge in [-0.05, 0) is 26.3 Å². The summed E-state index contributed by atoms with van der Waals surface area (Å²) in [5, 5.41) is 3.29. The Morgan fingerprint density at radius 3 is 2.89 bits per heavy atom. The van der Waals surface area contributed by atoms with E-state index >= 15 is 0 Å². The average Bonchev–Trinajstić information content (AvgIpc) is 3.18. The smallest absolute Gasteiger partial charge is 0.252 e. The molecule has 5 heteroatoms. The molecular weight excluding hydrogens is 228 g/mol. The predicted molar refractivity (Wildman–Crippen MR) is 73.3 cm³/mol. The molecule has 1 heterocycles. The number of aromatic amines is 1. The van der Waals surface area contributed by atoms with Crippen molar-refractivity contribution in [1.82, 2.24) is 15.3 Å². The summed E-state index contributed by atoms with van der Waals surface area (Å²) in [6.07, 6.45) is 2.30. The molecule has 1 saturated carbocycles. The van der Waals surface area contributed by atoms with E-state index in [1.54, 1.807) is 6.07 Å². The molecule has 18 heavy (non-hydrogen) atoms. The quantitative estimate of drug-likeness (QED) is 0.711. The lowest BCUT2D eigenvalue weighted by atomic mass is 10.3. The number of H-pyrrole nitrogens is 1. The third kappa shape index (κ3) is 3.32. The molecule has 0 unspecified atom stereocenters. The number of likely N-dealkylation sites (N-methyl/N-ethyl adjacent to an activating group) is 2. The molecule has 1 aromatic rings. The molecule has 5 nitrogen and oxygen atoms in total. The van der Waals surface area contributed by atoms with Crippen LogP contribution >= 0.6 is 0 Å². The maximum atomic E-state index is 11.7. The van der Waals surface area contributed by atoms with E-state index in [-0.39, 0.29) is 5.56 Å². The first-order chi connectivity index (χ1) is 8.74. The van der Waals surface area contributed by atoms with Gasteiger partial charge in [0.05, 0.1) is 0 Å². The highest BCUT2D eigenvalue weighted by Gasteiger charge is 2.26. The van der Waals surface area contributed by atoms with Gasteiger partial charge in [-0.1, -0.05) is 6.92 Å². The molecular formula is C13H22N4O. The van der Waals surface area contributed by atoms with Gasteiger partial charge in [-0.15, -0.1) is 0 Å². The summed E-state index contributed by atoms with van der Waals surface area (Å²) in [4.78, 5) is 21.2. The molecule has 1 fully saturated rings. The maximum absolute atomic E-state index is 11.7. The van der Waals surface area contributed by atoms with Gasteiger partial charge >= 0.3 is 0 Å². The van der Waals surface area contributed by atoms with E-state index in [0.717, 1.165) is 50.7 Å². The molecule has 1 aliphatic carbocycles. The van der Waals surface area contributed by atoms with Crippen LogP contribution in [0.25, 0.3) is 0 Å². The molecule has 0 radical (unpaired) electrons. The summed E-state index contributed by atoms with van der Waals surface area (Å²) < 4.78 is 0. The van der Waals surface area contributed by atoms with Crippen LogP contribution in [0, 0.1) is 0 Å². The van der Waals surface area contributed by atoms with E-state index in [2.05, 4.69) is 34.0 Å². The van der Waals surface area contributed by atoms with Gasteiger partial charge in [-0.25, -0.2) is 4.98 Å². The summed E-state index contributed by atoms with van der Waals surface area (Å²) in [5.41, 5.74) is -0.0381. The maximum Gasteiger partial charge on any atom is 0.252 e. The Balaban J connectivity index is 2.11. The highest BCUT2D eigenvalue weighted by atomic mass is 16.1. The number of hydrogen-bond donors (Lipinski definition) is 2. The highest BCUT2D eigenvalue weighted by Crippen LogP contribution is 2.37. The Kier molecular flexibility index (Phi) is 4.36. The third-order valence-corrected chi connectivity index (χ3v) is 3.22. The average molecular weight is 250 g/mol. The molecule has 1 aliphatic rings. The van der Waals surface area contributed by atoms with Gasteiger partial charge in [0.2, 0.25) is 0 Å². The fourth-order valence-corrected chi connectivity index (χ4v) is 2.00. The van der Waals surface area contributed by atoms with Crippen LogP contribution in [0.1, 0.15) is 38.4 Å². The van der Waals surface area contributed by atoms with Crippen molar-refractivity contribution in [3.8, 4) is 0 Å². The molecule has 0 spiro atoms. The third-order valence-electron chi connectivity index (χ3n) is 3.22. The summed E-state index contributed by atoms with van der Waals surface area (Å²) in [6, 6.07) is 1.60. The molecule has 2 rings (SSSR count). The lowest BCUT2D eigenvalue weighted by molar-refractivity contribution is 0.680. The van der Waals surface area contributed by atoms with Crippen LogP contribution in [0.2, 0.25) is 0 Å². The zero-order valence-electron chi connectivity index (χ0n) is 11.2. The topological polar surface area (TPSA) is 61.0 Å². The van der Waals surface area contributed by atoms with Crippen molar-refractivity contribution in [3.05, 3.63) is 22.2 Å². The van der Waals surface area contributed by atoms with Gasteiger partial charge in [-0.2, -0.15) is 0 Å². The molecule has 0 amide bonds. The summed E-state index contributed by atoms with van der Waals surface area (Å²) in [6.45, 7) is 7.81. The van der Waals surface area contributed by atoms with Crippen LogP contribution in [0.5, 0.6) is 0 Å². The van der Waals surface area contributed by atoms with E-state index < -0.39 is 0 Å². The second-order valence-electron chi connectivity index (χ2n) is 4.70. The Morgan fingerprint density at radius 2 is 2.28 bits per heavy atom. The minimum atomic E-state index is -0.0381. The monoisotopic (exact) mass is 250 g/mol. The molecule has 0 aliphatic heterocycles. The van der Waals surface area contributed by atoms with Crippen LogP contribution in [-0.4, -0.2) is 36.1 Å². The largest absolute Gasteiger partial charge is 0.355 e. The first kappa shape index (κ1) is 13.1. The number of aromatic nitrogens is 2. The van der Waals surface area contributed by atoms with Gasteiger partial charge in [0.15, 0.2) is 0 Å². The normalized spacial score (nSPS) is 14.8. The molecule has 0 aromatic carbocycles. The van der Waals surface area contributed by atoms with Crippen molar-refractivity contribution < 1.29 is 0 Å². The Morgan fingerprint density at radius 1 is 1.50 bits per heavy atom.